The quantitative estimate of drug-likeness (QED) is 0.111. The van der Waals surface area contributed by atoms with Crippen molar-refractivity contribution in [2.75, 3.05) is 99.9 Å². The molecule has 0 unspecified atom stereocenters. The number of ether oxygens (including phenoxy) is 1. The van der Waals surface area contributed by atoms with E-state index < -0.39 is 17.7 Å². The van der Waals surface area contributed by atoms with Gasteiger partial charge in [-0.25, -0.2) is 0 Å². The lowest BCUT2D eigenvalue weighted by atomic mass is 10.3. The number of aromatic nitrogens is 4. The van der Waals surface area contributed by atoms with Crippen molar-refractivity contribution in [2.24, 2.45) is 21.1 Å². The molecule has 6 heterocycles. The molecule has 19 heteroatoms. The summed E-state index contributed by atoms with van der Waals surface area (Å²) in [5.41, 5.74) is 2.32. The maximum absolute atomic E-state index is 13.3. The Morgan fingerprint density at radius 1 is 0.736 bits per heavy atom. The minimum atomic E-state index is -0.493. The van der Waals surface area contributed by atoms with Crippen molar-refractivity contribution in [3.05, 3.63) is 64.6 Å². The van der Waals surface area contributed by atoms with Crippen LogP contribution in [0.4, 0.5) is 22.1 Å². The van der Waals surface area contributed by atoms with Gasteiger partial charge >= 0.3 is 0 Å². The first-order chi connectivity index (χ1) is 25.5. The maximum Gasteiger partial charge on any atom is 0.277 e. The number of hydrogen-bond acceptors (Lipinski definition) is 11. The third-order valence-corrected chi connectivity index (χ3v) is 10.4. The van der Waals surface area contributed by atoms with Crippen molar-refractivity contribution >= 4 is 68.8 Å². The molecule has 2 fully saturated rings. The van der Waals surface area contributed by atoms with E-state index in [1.54, 1.807) is 71.6 Å². The molecule has 6 rings (SSSR count). The summed E-state index contributed by atoms with van der Waals surface area (Å²) in [5, 5.41) is 18.8. The van der Waals surface area contributed by atoms with Crippen LogP contribution in [-0.4, -0.2) is 130 Å². The number of amides is 4. The van der Waals surface area contributed by atoms with E-state index in [2.05, 4.69) is 46.1 Å². The van der Waals surface area contributed by atoms with Crippen LogP contribution in [0.25, 0.3) is 0 Å². The van der Waals surface area contributed by atoms with Gasteiger partial charge in [0.2, 0.25) is 0 Å². The Kier molecular flexibility index (Phi) is 12.5. The summed E-state index contributed by atoms with van der Waals surface area (Å²) in [6.45, 7) is 9.76. The van der Waals surface area contributed by atoms with Gasteiger partial charge in [0.1, 0.15) is 27.1 Å². The van der Waals surface area contributed by atoms with E-state index in [-0.39, 0.29) is 22.3 Å². The molecule has 0 aliphatic carbocycles. The van der Waals surface area contributed by atoms with Crippen LogP contribution in [0.3, 0.4) is 0 Å². The van der Waals surface area contributed by atoms with Crippen LogP contribution in [0.1, 0.15) is 42.0 Å². The zero-order valence-corrected chi connectivity index (χ0v) is 31.5. The summed E-state index contributed by atoms with van der Waals surface area (Å²) in [5.74, 6) is -1.59. The number of piperazine rings is 1. The number of aryl methyl sites for hydroxylation is 3. The Bertz CT molecular complexity index is 1940. The molecular formula is C34H45ClN12O5S. The van der Waals surface area contributed by atoms with Gasteiger partial charge in [-0.15, -0.1) is 0 Å². The molecule has 17 nitrogen and oxygen atoms in total. The number of nitrogens with one attached hydrogen (secondary N) is 6. The molecule has 284 valence electrons. The molecule has 0 aromatic carbocycles. The number of halogens is 1. The second kappa shape index (κ2) is 17.4. The van der Waals surface area contributed by atoms with Crippen LogP contribution >= 0.6 is 23.1 Å². The number of carbonyl (C=O) groups is 4. The molecule has 4 amide bonds. The SMILES string of the molecule is Cn1cc(NC(=O)c2cc(NC(=O)c3cc(NC(=O)c4nsc(NCCN5CCNCC5)c4Cl)cn3C)cn2C)cc1C(=O)NCCN1CCOCC1. The molecule has 4 aromatic rings. The fraction of sp³-hybridized carbons (Fsp3) is 0.441. The fourth-order valence-electron chi connectivity index (χ4n) is 6.19. The Hall–Kier alpha value is -4.72. The average molecular weight is 769 g/mol. The van der Waals surface area contributed by atoms with E-state index in [0.717, 1.165) is 63.9 Å². The lowest BCUT2D eigenvalue weighted by Crippen LogP contribution is -2.45. The maximum atomic E-state index is 13.3. The van der Waals surface area contributed by atoms with Gasteiger partial charge in [-0.1, -0.05) is 11.6 Å². The molecule has 0 radical (unpaired) electrons. The highest BCUT2D eigenvalue weighted by atomic mass is 35.5. The topological polar surface area (TPSA) is 184 Å². The van der Waals surface area contributed by atoms with Crippen molar-refractivity contribution in [3.8, 4) is 0 Å². The van der Waals surface area contributed by atoms with E-state index in [1.165, 1.54) is 0 Å². The van der Waals surface area contributed by atoms with Gasteiger partial charge in [-0.05, 0) is 29.7 Å². The minimum absolute atomic E-state index is 0.0979. The summed E-state index contributed by atoms with van der Waals surface area (Å²) in [6.07, 6.45) is 4.90. The smallest absolute Gasteiger partial charge is 0.277 e. The van der Waals surface area contributed by atoms with E-state index in [4.69, 9.17) is 16.3 Å². The third-order valence-electron chi connectivity index (χ3n) is 9.08. The van der Waals surface area contributed by atoms with E-state index in [9.17, 15) is 19.2 Å². The predicted octanol–water partition coefficient (Wildman–Crippen LogP) is 1.95. The first-order valence-corrected chi connectivity index (χ1v) is 18.5. The molecule has 0 bridgehead atoms. The summed E-state index contributed by atoms with van der Waals surface area (Å²) in [4.78, 5) is 57.0. The molecule has 53 heavy (non-hydrogen) atoms. The predicted molar refractivity (Wildman–Crippen MR) is 205 cm³/mol. The molecular weight excluding hydrogens is 724 g/mol. The Labute approximate surface area is 316 Å². The Morgan fingerprint density at radius 3 is 1.79 bits per heavy atom. The number of nitrogens with zero attached hydrogens (tertiary/aromatic N) is 6. The average Bonchev–Trinajstić information content (AvgIpc) is 3.90. The van der Waals surface area contributed by atoms with Crippen LogP contribution in [0, 0.1) is 0 Å². The highest BCUT2D eigenvalue weighted by molar-refractivity contribution is 7.11. The van der Waals surface area contributed by atoms with Crippen molar-refractivity contribution in [3.63, 3.8) is 0 Å². The van der Waals surface area contributed by atoms with Crippen molar-refractivity contribution in [1.82, 2.24) is 38.5 Å². The zero-order valence-electron chi connectivity index (χ0n) is 30.0. The third kappa shape index (κ3) is 9.64. The van der Waals surface area contributed by atoms with Crippen molar-refractivity contribution in [1.29, 1.82) is 0 Å². The first kappa shape index (κ1) is 38.0. The van der Waals surface area contributed by atoms with Crippen LogP contribution in [-0.2, 0) is 25.9 Å². The molecule has 0 spiro atoms. The number of hydrogen-bond donors (Lipinski definition) is 6. The van der Waals surface area contributed by atoms with Gasteiger partial charge in [-0.2, -0.15) is 4.37 Å². The molecule has 4 aromatic heterocycles. The van der Waals surface area contributed by atoms with Crippen LogP contribution in [0.2, 0.25) is 5.02 Å². The highest BCUT2D eigenvalue weighted by Crippen LogP contribution is 2.31. The highest BCUT2D eigenvalue weighted by Gasteiger charge is 2.22. The molecule has 2 aliphatic rings. The van der Waals surface area contributed by atoms with Gasteiger partial charge in [0.25, 0.3) is 23.6 Å². The fourth-order valence-corrected chi connectivity index (χ4v) is 7.24. The number of anilines is 4. The first-order valence-electron chi connectivity index (χ1n) is 17.4. The van der Waals surface area contributed by atoms with Crippen molar-refractivity contribution in [2.45, 2.75) is 0 Å². The lowest BCUT2D eigenvalue weighted by Gasteiger charge is -2.27. The van der Waals surface area contributed by atoms with Gasteiger partial charge in [0.15, 0.2) is 5.69 Å². The van der Waals surface area contributed by atoms with E-state index in [1.807, 2.05) is 0 Å². The van der Waals surface area contributed by atoms with Crippen LogP contribution in [0.15, 0.2) is 36.8 Å². The summed E-state index contributed by atoms with van der Waals surface area (Å²) >= 11 is 7.63. The molecule has 0 saturated carbocycles. The van der Waals surface area contributed by atoms with Gasteiger partial charge < -0.3 is 50.3 Å². The van der Waals surface area contributed by atoms with Crippen LogP contribution in [0.5, 0.6) is 0 Å². The zero-order chi connectivity index (χ0) is 37.5. The number of carbonyl (C=O) groups excluding carboxylic acids is 4. The Morgan fingerprint density at radius 2 is 1.23 bits per heavy atom. The molecule has 6 N–H and O–H groups in total. The second-order valence-corrected chi connectivity index (χ2v) is 14.1. The second-order valence-electron chi connectivity index (χ2n) is 12.9. The van der Waals surface area contributed by atoms with Crippen molar-refractivity contribution < 1.29 is 23.9 Å². The standard InChI is InChI=1S/C34H45ClN12O5S/c1-43-19-22(16-25(43)30(48)37-6-10-47-12-14-52-15-13-47)39-31(49)26-17-23(20-44(26)2)40-32(50)27-18-24(21-45(27)3)41-33(51)29-28(35)34(53-42-29)38-7-11-46-8-4-36-5-9-46/h16-21,36,38H,4-15H2,1-3H3,(H,37,48)(H,39,49)(H,40,50)(H,41,51). The Balaban J connectivity index is 1.00. The monoisotopic (exact) mass is 768 g/mol. The summed E-state index contributed by atoms with van der Waals surface area (Å²) < 4.78 is 14.4. The van der Waals surface area contributed by atoms with Crippen LogP contribution < -0.4 is 31.9 Å². The number of morpholine rings is 1. The normalized spacial score (nSPS) is 15.2. The molecule has 0 atom stereocenters. The number of rotatable bonds is 14. The van der Waals surface area contributed by atoms with E-state index in [0.29, 0.717) is 59.8 Å². The summed E-state index contributed by atoms with van der Waals surface area (Å²) in [6, 6.07) is 4.72. The van der Waals surface area contributed by atoms with E-state index >= 15 is 0 Å². The molecule has 2 aliphatic heterocycles. The van der Waals surface area contributed by atoms with Gasteiger partial charge in [-0.3, -0.25) is 29.0 Å². The largest absolute Gasteiger partial charge is 0.379 e. The molecule has 2 saturated heterocycles. The lowest BCUT2D eigenvalue weighted by molar-refractivity contribution is 0.0383. The van der Waals surface area contributed by atoms with Gasteiger partial charge in [0.05, 0.1) is 30.3 Å². The minimum Gasteiger partial charge on any atom is -0.379 e. The summed E-state index contributed by atoms with van der Waals surface area (Å²) in [7, 11) is 5.11. The van der Waals surface area contributed by atoms with Gasteiger partial charge in [0, 0.05) is 105 Å².